The van der Waals surface area contributed by atoms with Crippen LogP contribution < -0.4 is 10.6 Å². The molecule has 0 atom stereocenters. The molecule has 2 aromatic rings. The fraction of sp³-hybridized carbons (Fsp3) is 0.250. The van der Waals surface area contributed by atoms with Gasteiger partial charge in [0.15, 0.2) is 7.14 Å². The van der Waals surface area contributed by atoms with E-state index in [2.05, 4.69) is 11.0 Å². The van der Waals surface area contributed by atoms with E-state index in [-0.39, 0.29) is 0 Å². The molecule has 2 aromatic carbocycles. The zero-order valence-corrected chi connectivity index (χ0v) is 14.7. The zero-order valence-electron chi connectivity index (χ0n) is 13.9. The third-order valence-corrected chi connectivity index (χ3v) is 7.69. The fourth-order valence-corrected chi connectivity index (χ4v) is 6.00. The molecule has 0 spiro atoms. The van der Waals surface area contributed by atoms with E-state index in [1.54, 1.807) is 0 Å². The van der Waals surface area contributed by atoms with Gasteiger partial charge in [0.2, 0.25) is 0 Å². The van der Waals surface area contributed by atoms with Crippen molar-refractivity contribution in [3.8, 4) is 6.07 Å². The second-order valence-corrected chi connectivity index (χ2v) is 8.72. The van der Waals surface area contributed by atoms with Crippen molar-refractivity contribution in [3.05, 3.63) is 71.7 Å². The van der Waals surface area contributed by atoms with E-state index in [0.29, 0.717) is 15.9 Å². The summed E-state index contributed by atoms with van der Waals surface area (Å²) in [6.07, 6.45) is 2.24. The molecule has 24 heavy (non-hydrogen) atoms. The number of allylic oxidation sites excluding steroid dienone is 2. The number of likely N-dealkylation sites (tertiary alicyclic amines) is 1. The third kappa shape index (κ3) is 2.90. The van der Waals surface area contributed by atoms with Crippen LogP contribution in [0.2, 0.25) is 0 Å². The van der Waals surface area contributed by atoms with Crippen LogP contribution in [0, 0.1) is 11.3 Å². The Morgan fingerprint density at radius 1 is 0.958 bits per heavy atom. The minimum absolute atomic E-state index is 0.404. The Morgan fingerprint density at radius 3 is 1.83 bits per heavy atom. The van der Waals surface area contributed by atoms with Gasteiger partial charge >= 0.3 is 0 Å². The maximum Gasteiger partial charge on any atom is 0.182 e. The fourth-order valence-electron chi connectivity index (χ4n) is 3.26. The van der Waals surface area contributed by atoms with Gasteiger partial charge in [-0.05, 0) is 19.8 Å². The number of hydrogen-bond donors (Lipinski definition) is 0. The van der Waals surface area contributed by atoms with Crippen molar-refractivity contribution in [1.29, 1.82) is 5.26 Å². The summed E-state index contributed by atoms with van der Waals surface area (Å²) in [6.45, 7) is 3.80. The molecule has 4 heteroatoms. The standard InChI is InChI=1S/C20H21N2OP/c1-17(22-14-8-9-15-22)20(16-21)24(23,18-10-4-2-5-11-18)19-12-6-3-7-13-19/h2-7,10-13H,8-9,14-15H2,1H3. The average molecular weight is 336 g/mol. The molecule has 0 aliphatic carbocycles. The van der Waals surface area contributed by atoms with Gasteiger partial charge in [-0.3, -0.25) is 0 Å². The Bertz CT molecular complexity index is 772. The van der Waals surface area contributed by atoms with Crippen LogP contribution in [0.5, 0.6) is 0 Å². The van der Waals surface area contributed by atoms with Crippen LogP contribution in [0.3, 0.4) is 0 Å². The molecule has 1 saturated heterocycles. The van der Waals surface area contributed by atoms with Crippen LogP contribution >= 0.6 is 7.14 Å². The van der Waals surface area contributed by atoms with Crippen LogP contribution in [0.25, 0.3) is 0 Å². The van der Waals surface area contributed by atoms with E-state index in [4.69, 9.17) is 0 Å². The van der Waals surface area contributed by atoms with Crippen molar-refractivity contribution in [1.82, 2.24) is 4.90 Å². The molecule has 1 aliphatic heterocycles. The van der Waals surface area contributed by atoms with Crippen LogP contribution in [0.15, 0.2) is 71.7 Å². The first-order valence-corrected chi connectivity index (χ1v) is 9.96. The minimum Gasteiger partial charge on any atom is -0.374 e. The van der Waals surface area contributed by atoms with Crippen LogP contribution in [-0.2, 0) is 4.57 Å². The summed E-state index contributed by atoms with van der Waals surface area (Å²) >= 11 is 0. The van der Waals surface area contributed by atoms with Crippen molar-refractivity contribution >= 4 is 17.8 Å². The van der Waals surface area contributed by atoms with E-state index >= 15 is 0 Å². The van der Waals surface area contributed by atoms with Gasteiger partial charge in [0.25, 0.3) is 0 Å². The summed E-state index contributed by atoms with van der Waals surface area (Å²) in [4.78, 5) is 2.19. The maximum absolute atomic E-state index is 14.2. The monoisotopic (exact) mass is 336 g/mol. The lowest BCUT2D eigenvalue weighted by molar-refractivity contribution is 0.426. The predicted molar refractivity (Wildman–Crippen MR) is 98.9 cm³/mol. The first-order valence-electron chi connectivity index (χ1n) is 8.25. The zero-order chi connectivity index (χ0) is 17.0. The number of hydrogen-bond acceptors (Lipinski definition) is 3. The molecule has 3 rings (SSSR count). The molecule has 0 amide bonds. The largest absolute Gasteiger partial charge is 0.374 e. The van der Waals surface area contributed by atoms with E-state index < -0.39 is 7.14 Å². The van der Waals surface area contributed by atoms with Gasteiger partial charge in [-0.2, -0.15) is 5.26 Å². The van der Waals surface area contributed by atoms with Gasteiger partial charge < -0.3 is 9.46 Å². The summed E-state index contributed by atoms with van der Waals surface area (Å²) in [5.41, 5.74) is 0.853. The Balaban J connectivity index is 2.24. The Labute approximate surface area is 143 Å². The summed E-state index contributed by atoms with van der Waals surface area (Å²) in [7, 11) is -3.17. The van der Waals surface area contributed by atoms with Crippen molar-refractivity contribution < 1.29 is 4.57 Å². The molecule has 0 bridgehead atoms. The summed E-state index contributed by atoms with van der Waals surface area (Å²) < 4.78 is 14.2. The van der Waals surface area contributed by atoms with Gasteiger partial charge in [0, 0.05) is 29.4 Å². The quantitative estimate of drug-likeness (QED) is 0.629. The predicted octanol–water partition coefficient (Wildman–Crippen LogP) is 3.85. The highest BCUT2D eigenvalue weighted by Crippen LogP contribution is 2.53. The lowest BCUT2D eigenvalue weighted by Crippen LogP contribution is -2.23. The molecule has 122 valence electrons. The second-order valence-electron chi connectivity index (χ2n) is 6.02. The first-order chi connectivity index (χ1) is 11.7. The highest BCUT2D eigenvalue weighted by Gasteiger charge is 2.35. The van der Waals surface area contributed by atoms with Gasteiger partial charge in [0.05, 0.1) is 0 Å². The molecule has 0 aromatic heterocycles. The molecule has 3 nitrogen and oxygen atoms in total. The highest BCUT2D eigenvalue weighted by molar-refractivity contribution is 7.82. The lowest BCUT2D eigenvalue weighted by atomic mass is 10.4. The summed E-state index contributed by atoms with van der Waals surface area (Å²) in [6, 6.07) is 21.1. The molecule has 0 saturated carbocycles. The Morgan fingerprint density at radius 2 is 1.42 bits per heavy atom. The number of nitrogens with zero attached hydrogens (tertiary/aromatic N) is 2. The molecule has 1 aliphatic rings. The van der Waals surface area contributed by atoms with Crippen LogP contribution in [0.1, 0.15) is 19.8 Å². The lowest BCUT2D eigenvalue weighted by Gasteiger charge is -2.25. The molecule has 1 fully saturated rings. The Hall–Kier alpha value is -2.30. The average Bonchev–Trinajstić information content (AvgIpc) is 3.18. The number of rotatable bonds is 4. The summed E-state index contributed by atoms with van der Waals surface area (Å²) in [5, 5.41) is 11.7. The van der Waals surface area contributed by atoms with Crippen LogP contribution in [0.4, 0.5) is 0 Å². The number of benzene rings is 2. The topological polar surface area (TPSA) is 44.1 Å². The van der Waals surface area contributed by atoms with Crippen molar-refractivity contribution in [2.45, 2.75) is 19.8 Å². The van der Waals surface area contributed by atoms with Gasteiger partial charge in [-0.15, -0.1) is 0 Å². The highest BCUT2D eigenvalue weighted by atomic mass is 31.2. The number of nitriles is 1. The Kier molecular flexibility index (Phi) is 4.88. The first kappa shape index (κ1) is 16.6. The second kappa shape index (κ2) is 7.07. The van der Waals surface area contributed by atoms with Gasteiger partial charge in [-0.1, -0.05) is 60.7 Å². The van der Waals surface area contributed by atoms with E-state index in [9.17, 15) is 9.83 Å². The molecule has 0 N–H and O–H groups in total. The minimum atomic E-state index is -3.17. The van der Waals surface area contributed by atoms with Gasteiger partial charge in [-0.25, -0.2) is 0 Å². The smallest absolute Gasteiger partial charge is 0.182 e. The van der Waals surface area contributed by atoms with Gasteiger partial charge in [0.1, 0.15) is 11.4 Å². The SMILES string of the molecule is CC(=C(C#N)P(=O)(c1ccccc1)c1ccccc1)N1CCCC1. The normalized spacial score (nSPS) is 15.8. The summed E-state index contributed by atoms with van der Waals surface area (Å²) in [5.74, 6) is 0. The van der Waals surface area contributed by atoms with Crippen LogP contribution in [-0.4, -0.2) is 18.0 Å². The third-order valence-electron chi connectivity index (χ3n) is 4.58. The molecule has 0 unspecified atom stereocenters. The molecule has 1 heterocycles. The molecular formula is C20H21N2OP. The molecule has 0 radical (unpaired) electrons. The molecular weight excluding hydrogens is 315 g/mol. The van der Waals surface area contributed by atoms with E-state index in [1.807, 2.05) is 67.6 Å². The maximum atomic E-state index is 14.2. The van der Waals surface area contributed by atoms with Crippen molar-refractivity contribution in [2.24, 2.45) is 0 Å². The van der Waals surface area contributed by atoms with E-state index in [1.165, 1.54) is 0 Å². The van der Waals surface area contributed by atoms with Crippen molar-refractivity contribution in [3.63, 3.8) is 0 Å². The van der Waals surface area contributed by atoms with E-state index in [0.717, 1.165) is 31.6 Å². The van der Waals surface area contributed by atoms with Crippen molar-refractivity contribution in [2.75, 3.05) is 13.1 Å².